The SMILES string of the molecule is C#CC.C[C@H](Nc1nccc(-c2c(-c3ccc(F)cc3)nc3cc(CN4CCCCC4)ccn23)n1)c1ccccc1. The maximum absolute atomic E-state index is 13.8. The number of anilines is 1. The van der Waals surface area contributed by atoms with Gasteiger partial charge in [-0.25, -0.2) is 19.3 Å². The lowest BCUT2D eigenvalue weighted by Gasteiger charge is -2.26. The third-order valence-electron chi connectivity index (χ3n) is 7.21. The molecule has 1 saturated heterocycles. The minimum Gasteiger partial charge on any atom is -0.348 e. The highest BCUT2D eigenvalue weighted by atomic mass is 19.1. The number of halogens is 1. The molecule has 4 heterocycles. The highest BCUT2D eigenvalue weighted by molar-refractivity contribution is 5.80. The fourth-order valence-corrected chi connectivity index (χ4v) is 5.19. The second-order valence-corrected chi connectivity index (χ2v) is 10.2. The van der Waals surface area contributed by atoms with E-state index in [-0.39, 0.29) is 11.9 Å². The second kappa shape index (κ2) is 13.2. The lowest BCUT2D eigenvalue weighted by Crippen LogP contribution is -2.29. The van der Waals surface area contributed by atoms with Gasteiger partial charge in [-0.05, 0) is 93.4 Å². The molecule has 1 aliphatic heterocycles. The summed E-state index contributed by atoms with van der Waals surface area (Å²) in [5.74, 6) is 2.52. The van der Waals surface area contributed by atoms with Gasteiger partial charge in [-0.15, -0.1) is 12.3 Å². The van der Waals surface area contributed by atoms with Crippen molar-refractivity contribution in [3.05, 3.63) is 102 Å². The summed E-state index contributed by atoms with van der Waals surface area (Å²) in [4.78, 5) is 16.9. The van der Waals surface area contributed by atoms with E-state index in [0.717, 1.165) is 53.5 Å². The standard InChI is InChI=1S/C31H31FN6.C3H4/c1-22(24-8-4-2-5-9-24)34-31-33-16-14-27(35-31)30-29(25-10-12-26(32)13-11-25)36-28-20-23(15-19-38(28)30)21-37-17-6-3-7-18-37;1-3-2/h2,4-5,8-16,19-20,22H,3,6-7,17-18,21H2,1H3,(H,33,34,35);1H,2H3/t22-;/m0./s1. The molecule has 2 aromatic carbocycles. The first kappa shape index (κ1) is 28.0. The molecule has 1 aliphatic rings. The van der Waals surface area contributed by atoms with Gasteiger partial charge in [-0.2, -0.15) is 0 Å². The quantitative estimate of drug-likeness (QED) is 0.216. The highest BCUT2D eigenvalue weighted by Gasteiger charge is 2.19. The van der Waals surface area contributed by atoms with Gasteiger partial charge in [0, 0.05) is 24.5 Å². The maximum atomic E-state index is 13.8. The van der Waals surface area contributed by atoms with E-state index in [1.807, 2.05) is 24.3 Å². The van der Waals surface area contributed by atoms with E-state index in [1.54, 1.807) is 25.3 Å². The van der Waals surface area contributed by atoms with Gasteiger partial charge in [0.2, 0.25) is 5.95 Å². The number of aromatic nitrogens is 4. The summed E-state index contributed by atoms with van der Waals surface area (Å²) >= 11 is 0. The molecule has 41 heavy (non-hydrogen) atoms. The summed E-state index contributed by atoms with van der Waals surface area (Å²) in [5.41, 5.74) is 6.45. The van der Waals surface area contributed by atoms with Crippen molar-refractivity contribution in [2.24, 2.45) is 0 Å². The van der Waals surface area contributed by atoms with Crippen LogP contribution in [0.15, 0.2) is 85.2 Å². The van der Waals surface area contributed by atoms with Crippen LogP contribution in [0.4, 0.5) is 10.3 Å². The molecule has 0 bridgehead atoms. The van der Waals surface area contributed by atoms with Crippen molar-refractivity contribution in [2.75, 3.05) is 18.4 Å². The Kier molecular flexibility index (Phi) is 9.02. The van der Waals surface area contributed by atoms with Crippen molar-refractivity contribution < 1.29 is 4.39 Å². The molecule has 6 nitrogen and oxygen atoms in total. The average Bonchev–Trinajstić information content (AvgIpc) is 3.38. The van der Waals surface area contributed by atoms with Crippen molar-refractivity contribution in [1.29, 1.82) is 0 Å². The van der Waals surface area contributed by atoms with Crippen LogP contribution in [0.1, 0.15) is 50.3 Å². The van der Waals surface area contributed by atoms with Gasteiger partial charge in [0.05, 0.1) is 23.1 Å². The van der Waals surface area contributed by atoms with E-state index in [4.69, 9.17) is 9.97 Å². The predicted octanol–water partition coefficient (Wildman–Crippen LogP) is 7.40. The van der Waals surface area contributed by atoms with Crippen LogP contribution in [-0.2, 0) is 6.54 Å². The zero-order valence-corrected chi connectivity index (χ0v) is 23.6. The van der Waals surface area contributed by atoms with E-state index < -0.39 is 0 Å². The third-order valence-corrected chi connectivity index (χ3v) is 7.21. The lowest BCUT2D eigenvalue weighted by molar-refractivity contribution is 0.221. The summed E-state index contributed by atoms with van der Waals surface area (Å²) in [6.07, 6.45) is 12.3. The molecule has 0 saturated carbocycles. The second-order valence-electron chi connectivity index (χ2n) is 10.2. The molecule has 0 spiro atoms. The van der Waals surface area contributed by atoms with Crippen molar-refractivity contribution in [2.45, 2.75) is 45.7 Å². The summed E-state index contributed by atoms with van der Waals surface area (Å²) in [7, 11) is 0. The van der Waals surface area contributed by atoms with Crippen LogP contribution in [-0.4, -0.2) is 37.3 Å². The predicted molar refractivity (Wildman–Crippen MR) is 164 cm³/mol. The molecule has 0 unspecified atom stereocenters. The molecule has 6 rings (SSSR count). The van der Waals surface area contributed by atoms with Gasteiger partial charge < -0.3 is 5.32 Å². The van der Waals surface area contributed by atoms with Crippen LogP contribution in [0.25, 0.3) is 28.3 Å². The van der Waals surface area contributed by atoms with Crippen LogP contribution in [0.3, 0.4) is 0 Å². The minimum absolute atomic E-state index is 0.0440. The Bertz CT molecular complexity index is 1620. The number of hydrogen-bond donors (Lipinski definition) is 1. The molecule has 208 valence electrons. The Hall–Kier alpha value is -4.54. The normalized spacial score (nSPS) is 14.1. The van der Waals surface area contributed by atoms with Crippen LogP contribution in [0.2, 0.25) is 0 Å². The number of pyridine rings is 1. The van der Waals surface area contributed by atoms with Gasteiger partial charge in [-0.1, -0.05) is 36.8 Å². The van der Waals surface area contributed by atoms with Gasteiger partial charge in [0.1, 0.15) is 11.5 Å². The third kappa shape index (κ3) is 6.79. The van der Waals surface area contributed by atoms with Crippen molar-refractivity contribution in [3.8, 4) is 35.0 Å². The summed E-state index contributed by atoms with van der Waals surface area (Å²) < 4.78 is 15.8. The first-order valence-corrected chi connectivity index (χ1v) is 14.1. The Balaban J connectivity index is 0.00000108. The fraction of sp³-hybridized carbons (Fsp3) is 0.265. The summed E-state index contributed by atoms with van der Waals surface area (Å²) in [5, 5.41) is 3.42. The number of benzene rings is 2. The Labute approximate surface area is 241 Å². The molecule has 0 amide bonds. The number of hydrogen-bond acceptors (Lipinski definition) is 5. The van der Waals surface area contributed by atoms with Gasteiger partial charge in [0.25, 0.3) is 0 Å². The fourth-order valence-electron chi connectivity index (χ4n) is 5.19. The maximum Gasteiger partial charge on any atom is 0.223 e. The molecular formula is C34H35FN6. The Morgan fingerprint density at radius 1 is 0.976 bits per heavy atom. The zero-order valence-electron chi connectivity index (χ0n) is 23.6. The number of nitrogens with zero attached hydrogens (tertiary/aromatic N) is 5. The van der Waals surface area contributed by atoms with Crippen LogP contribution >= 0.6 is 0 Å². The minimum atomic E-state index is -0.272. The van der Waals surface area contributed by atoms with E-state index in [9.17, 15) is 4.39 Å². The first-order valence-electron chi connectivity index (χ1n) is 14.1. The van der Waals surface area contributed by atoms with E-state index in [2.05, 4.69) is 69.3 Å². The average molecular weight is 547 g/mol. The molecule has 1 N–H and O–H groups in total. The smallest absolute Gasteiger partial charge is 0.223 e. The van der Waals surface area contributed by atoms with Crippen molar-refractivity contribution >= 4 is 11.6 Å². The summed E-state index contributed by atoms with van der Waals surface area (Å²) in [6, 6.07) is 23.0. The Morgan fingerprint density at radius 2 is 1.71 bits per heavy atom. The number of piperidine rings is 1. The van der Waals surface area contributed by atoms with E-state index >= 15 is 0 Å². The number of rotatable bonds is 7. The molecule has 7 heteroatoms. The molecule has 0 aliphatic carbocycles. The van der Waals surface area contributed by atoms with Crippen LogP contribution in [0.5, 0.6) is 0 Å². The van der Waals surface area contributed by atoms with Gasteiger partial charge in [0.15, 0.2) is 0 Å². The highest BCUT2D eigenvalue weighted by Crippen LogP contribution is 2.33. The van der Waals surface area contributed by atoms with Crippen molar-refractivity contribution in [3.63, 3.8) is 0 Å². The summed E-state index contributed by atoms with van der Waals surface area (Å²) in [6.45, 7) is 6.95. The topological polar surface area (TPSA) is 58.4 Å². The molecular weight excluding hydrogens is 511 g/mol. The van der Waals surface area contributed by atoms with Crippen LogP contribution in [0, 0.1) is 18.2 Å². The van der Waals surface area contributed by atoms with Crippen molar-refractivity contribution in [1.82, 2.24) is 24.3 Å². The molecule has 3 aromatic heterocycles. The number of nitrogens with one attached hydrogen (secondary N) is 1. The van der Waals surface area contributed by atoms with E-state index in [1.165, 1.54) is 37.0 Å². The number of imidazole rings is 1. The van der Waals surface area contributed by atoms with Gasteiger partial charge in [-0.3, -0.25) is 9.30 Å². The molecule has 0 radical (unpaired) electrons. The first-order chi connectivity index (χ1) is 20.1. The number of terminal acetylenes is 1. The van der Waals surface area contributed by atoms with E-state index in [0.29, 0.717) is 5.95 Å². The Morgan fingerprint density at radius 3 is 2.44 bits per heavy atom. The molecule has 5 aromatic rings. The largest absolute Gasteiger partial charge is 0.348 e. The number of likely N-dealkylation sites (tertiary alicyclic amines) is 1. The van der Waals surface area contributed by atoms with Crippen LogP contribution < -0.4 is 5.32 Å². The molecule has 1 atom stereocenters. The monoisotopic (exact) mass is 546 g/mol. The molecule has 1 fully saturated rings. The zero-order chi connectivity index (χ0) is 28.6. The van der Waals surface area contributed by atoms with Gasteiger partial charge >= 0.3 is 0 Å². The number of fused-ring (bicyclic) bond motifs is 1. The lowest BCUT2D eigenvalue weighted by atomic mass is 10.1.